The Morgan fingerprint density at radius 3 is 2.85 bits per heavy atom. The number of nitrogens with zero attached hydrogens (tertiary/aromatic N) is 2. The monoisotopic (exact) mass is 294 g/mol. The van der Waals surface area contributed by atoms with Crippen molar-refractivity contribution in [1.82, 2.24) is 15.2 Å². The van der Waals surface area contributed by atoms with Crippen LogP contribution in [0.15, 0.2) is 29.4 Å². The number of hydrogen-bond donors (Lipinski definition) is 2. The van der Waals surface area contributed by atoms with Crippen molar-refractivity contribution in [1.29, 1.82) is 0 Å². The zero-order chi connectivity index (χ0) is 14.5. The van der Waals surface area contributed by atoms with Crippen molar-refractivity contribution in [3.8, 4) is 0 Å². The van der Waals surface area contributed by atoms with Gasteiger partial charge in [0.2, 0.25) is 11.1 Å². The van der Waals surface area contributed by atoms with Gasteiger partial charge in [0, 0.05) is 5.92 Å². The molecular formula is C13H15FN4OS. The van der Waals surface area contributed by atoms with Gasteiger partial charge in [0.25, 0.3) is 0 Å². The molecule has 1 aromatic carbocycles. The van der Waals surface area contributed by atoms with Crippen LogP contribution in [-0.4, -0.2) is 26.8 Å². The van der Waals surface area contributed by atoms with Crippen LogP contribution >= 0.6 is 11.8 Å². The van der Waals surface area contributed by atoms with E-state index in [0.717, 1.165) is 5.82 Å². The molecule has 0 fully saturated rings. The number of anilines is 1. The molecule has 0 radical (unpaired) electrons. The molecule has 1 aromatic heterocycles. The minimum absolute atomic E-state index is 0.129. The molecule has 0 atom stereocenters. The van der Waals surface area contributed by atoms with Gasteiger partial charge in [-0.15, -0.1) is 5.10 Å². The Morgan fingerprint density at radius 1 is 1.45 bits per heavy atom. The Hall–Kier alpha value is -1.89. The SMILES string of the molecule is CC(C)c1nc(SCC(=O)Nc2ccccc2F)n[nH]1. The quantitative estimate of drug-likeness (QED) is 0.832. The molecule has 5 nitrogen and oxygen atoms in total. The first kappa shape index (κ1) is 14.5. The maximum atomic E-state index is 13.4. The summed E-state index contributed by atoms with van der Waals surface area (Å²) in [5.41, 5.74) is 0.177. The van der Waals surface area contributed by atoms with Crippen molar-refractivity contribution < 1.29 is 9.18 Å². The number of carbonyl (C=O) groups is 1. The van der Waals surface area contributed by atoms with Gasteiger partial charge in [-0.05, 0) is 12.1 Å². The van der Waals surface area contributed by atoms with Gasteiger partial charge in [0.15, 0.2) is 0 Å². The largest absolute Gasteiger partial charge is 0.323 e. The van der Waals surface area contributed by atoms with E-state index < -0.39 is 5.82 Å². The molecule has 1 amide bonds. The lowest BCUT2D eigenvalue weighted by atomic mass is 10.2. The highest BCUT2D eigenvalue weighted by atomic mass is 32.2. The van der Waals surface area contributed by atoms with Gasteiger partial charge in [-0.1, -0.05) is 37.7 Å². The lowest BCUT2D eigenvalue weighted by Crippen LogP contribution is -2.15. The van der Waals surface area contributed by atoms with E-state index in [-0.39, 0.29) is 23.3 Å². The van der Waals surface area contributed by atoms with Crippen LogP contribution in [0.3, 0.4) is 0 Å². The van der Waals surface area contributed by atoms with Crippen LogP contribution < -0.4 is 5.32 Å². The highest BCUT2D eigenvalue weighted by molar-refractivity contribution is 7.99. The number of amides is 1. The van der Waals surface area contributed by atoms with E-state index in [1.165, 1.54) is 23.9 Å². The molecular weight excluding hydrogens is 279 g/mol. The lowest BCUT2D eigenvalue weighted by molar-refractivity contribution is -0.113. The average Bonchev–Trinajstić information content (AvgIpc) is 2.88. The third kappa shape index (κ3) is 3.80. The summed E-state index contributed by atoms with van der Waals surface area (Å²) in [6.45, 7) is 4.00. The first-order valence-electron chi connectivity index (χ1n) is 6.15. The molecule has 0 aliphatic heterocycles. The number of aromatic amines is 1. The summed E-state index contributed by atoms with van der Waals surface area (Å²) in [4.78, 5) is 16.0. The predicted molar refractivity (Wildman–Crippen MR) is 76.2 cm³/mol. The molecule has 106 valence electrons. The minimum atomic E-state index is -0.453. The van der Waals surface area contributed by atoms with Gasteiger partial charge in [0.1, 0.15) is 11.6 Å². The minimum Gasteiger partial charge on any atom is -0.323 e. The smallest absolute Gasteiger partial charge is 0.234 e. The van der Waals surface area contributed by atoms with Crippen molar-refractivity contribution in [3.63, 3.8) is 0 Å². The van der Waals surface area contributed by atoms with E-state index in [1.807, 2.05) is 13.8 Å². The third-order valence-electron chi connectivity index (χ3n) is 2.51. The predicted octanol–water partition coefficient (Wildman–Crippen LogP) is 2.80. The van der Waals surface area contributed by atoms with Crippen molar-refractivity contribution in [3.05, 3.63) is 35.9 Å². The molecule has 2 N–H and O–H groups in total. The number of hydrogen-bond acceptors (Lipinski definition) is 4. The van der Waals surface area contributed by atoms with Crippen LogP contribution in [-0.2, 0) is 4.79 Å². The number of rotatable bonds is 5. The Bertz CT molecular complexity index is 600. The summed E-state index contributed by atoms with van der Waals surface area (Å²) >= 11 is 1.20. The van der Waals surface area contributed by atoms with Gasteiger partial charge in [-0.2, -0.15) is 0 Å². The summed E-state index contributed by atoms with van der Waals surface area (Å²) in [7, 11) is 0. The van der Waals surface area contributed by atoms with E-state index in [1.54, 1.807) is 12.1 Å². The van der Waals surface area contributed by atoms with Crippen molar-refractivity contribution in [2.75, 3.05) is 11.1 Å². The highest BCUT2D eigenvalue weighted by Gasteiger charge is 2.10. The van der Waals surface area contributed by atoms with E-state index in [9.17, 15) is 9.18 Å². The molecule has 0 aliphatic rings. The third-order valence-corrected chi connectivity index (χ3v) is 3.36. The maximum Gasteiger partial charge on any atom is 0.234 e. The number of para-hydroxylation sites is 1. The first-order valence-corrected chi connectivity index (χ1v) is 7.14. The van der Waals surface area contributed by atoms with Gasteiger partial charge >= 0.3 is 0 Å². The summed E-state index contributed by atoms with van der Waals surface area (Å²) in [6.07, 6.45) is 0. The average molecular weight is 294 g/mol. The Morgan fingerprint density at radius 2 is 2.20 bits per heavy atom. The molecule has 20 heavy (non-hydrogen) atoms. The van der Waals surface area contributed by atoms with Crippen LogP contribution in [0.5, 0.6) is 0 Å². The topological polar surface area (TPSA) is 70.7 Å². The summed E-state index contributed by atoms with van der Waals surface area (Å²) in [6, 6.07) is 6.05. The van der Waals surface area contributed by atoms with Gasteiger partial charge < -0.3 is 5.32 Å². The number of thioether (sulfide) groups is 1. The maximum absolute atomic E-state index is 13.4. The standard InChI is InChI=1S/C13H15FN4OS/c1-8(2)12-16-13(18-17-12)20-7-11(19)15-10-6-4-3-5-9(10)14/h3-6,8H,7H2,1-2H3,(H,15,19)(H,16,17,18). The van der Waals surface area contributed by atoms with E-state index in [2.05, 4.69) is 20.5 Å². The first-order chi connectivity index (χ1) is 9.56. The van der Waals surface area contributed by atoms with Gasteiger partial charge in [-0.25, -0.2) is 9.37 Å². The van der Waals surface area contributed by atoms with Crippen molar-refractivity contribution >= 4 is 23.4 Å². The zero-order valence-corrected chi connectivity index (χ0v) is 12.0. The number of nitrogens with one attached hydrogen (secondary N) is 2. The molecule has 0 aliphatic carbocycles. The Balaban J connectivity index is 1.87. The van der Waals surface area contributed by atoms with Gasteiger partial charge in [0.05, 0.1) is 11.4 Å². The Kier molecular flexibility index (Phi) is 4.73. The molecule has 1 heterocycles. The second-order valence-electron chi connectivity index (χ2n) is 4.47. The molecule has 2 aromatic rings. The molecule has 2 rings (SSSR count). The number of H-pyrrole nitrogens is 1. The van der Waals surface area contributed by atoms with Crippen molar-refractivity contribution in [2.45, 2.75) is 24.9 Å². The van der Waals surface area contributed by atoms with Crippen LogP contribution in [0.2, 0.25) is 0 Å². The van der Waals surface area contributed by atoms with Crippen LogP contribution in [0.25, 0.3) is 0 Å². The number of carbonyl (C=O) groups excluding carboxylic acids is 1. The van der Waals surface area contributed by atoms with Crippen LogP contribution in [0.1, 0.15) is 25.6 Å². The normalized spacial score (nSPS) is 10.8. The molecule has 0 spiro atoms. The van der Waals surface area contributed by atoms with E-state index >= 15 is 0 Å². The van der Waals surface area contributed by atoms with Crippen LogP contribution in [0, 0.1) is 5.82 Å². The summed E-state index contributed by atoms with van der Waals surface area (Å²) in [5.74, 6) is 0.414. The lowest BCUT2D eigenvalue weighted by Gasteiger charge is -2.04. The van der Waals surface area contributed by atoms with Crippen molar-refractivity contribution in [2.24, 2.45) is 0 Å². The number of halogens is 1. The van der Waals surface area contributed by atoms with E-state index in [4.69, 9.17) is 0 Å². The van der Waals surface area contributed by atoms with Gasteiger partial charge in [-0.3, -0.25) is 9.89 Å². The Labute approximate surface area is 120 Å². The molecule has 0 bridgehead atoms. The number of aromatic nitrogens is 3. The fraction of sp³-hybridized carbons (Fsp3) is 0.308. The van der Waals surface area contributed by atoms with E-state index in [0.29, 0.717) is 5.16 Å². The molecule has 0 unspecified atom stereocenters. The fourth-order valence-electron chi connectivity index (χ4n) is 1.46. The van der Waals surface area contributed by atoms with Crippen LogP contribution in [0.4, 0.5) is 10.1 Å². The molecule has 0 saturated heterocycles. The molecule has 7 heteroatoms. The highest BCUT2D eigenvalue weighted by Crippen LogP contribution is 2.17. The number of benzene rings is 1. The second-order valence-corrected chi connectivity index (χ2v) is 5.42. The molecule has 0 saturated carbocycles. The summed E-state index contributed by atoms with van der Waals surface area (Å²) in [5, 5.41) is 9.84. The zero-order valence-electron chi connectivity index (χ0n) is 11.2. The fourth-order valence-corrected chi connectivity index (χ4v) is 2.07. The second kappa shape index (κ2) is 6.51. The summed E-state index contributed by atoms with van der Waals surface area (Å²) < 4.78 is 13.4.